The number of thiocarbonyl (C=S) groups is 1. The monoisotopic (exact) mass is 198 g/mol. The number of rotatable bonds is 2. The first-order valence-corrected chi connectivity index (χ1v) is 5.76. The second kappa shape index (κ2) is 3.82. The molecule has 2 rings (SSSR count). The quantitative estimate of drug-likeness (QED) is 0.660. The lowest BCUT2D eigenvalue weighted by Crippen LogP contribution is -2.43. The normalized spacial score (nSPS) is 36.2. The van der Waals surface area contributed by atoms with E-state index in [0.29, 0.717) is 6.04 Å². The van der Waals surface area contributed by atoms with Gasteiger partial charge in [0.05, 0.1) is 0 Å². The van der Waals surface area contributed by atoms with Gasteiger partial charge in [-0.15, -0.1) is 0 Å². The lowest BCUT2D eigenvalue weighted by Gasteiger charge is -2.24. The minimum Gasteiger partial charge on any atom is -0.363 e. The minimum absolute atomic E-state index is 0.672. The predicted molar refractivity (Wildman–Crippen MR) is 58.6 cm³/mol. The van der Waals surface area contributed by atoms with Crippen molar-refractivity contribution in [2.24, 2.45) is 11.8 Å². The van der Waals surface area contributed by atoms with Crippen molar-refractivity contribution in [3.05, 3.63) is 0 Å². The smallest absolute Gasteiger partial charge is 0.166 e. The highest BCUT2D eigenvalue weighted by Crippen LogP contribution is 2.49. The molecule has 0 saturated heterocycles. The van der Waals surface area contributed by atoms with Crippen LogP contribution in [0.3, 0.4) is 0 Å². The van der Waals surface area contributed by atoms with Gasteiger partial charge in [0.1, 0.15) is 0 Å². The molecule has 3 unspecified atom stereocenters. The fourth-order valence-electron chi connectivity index (χ4n) is 2.47. The molecule has 74 valence electrons. The molecule has 0 bridgehead atoms. The number of hydrogen-bond acceptors (Lipinski definition) is 1. The number of hydrogen-bond donors (Lipinski definition) is 2. The maximum atomic E-state index is 5.18. The molecule has 2 aliphatic carbocycles. The summed E-state index contributed by atoms with van der Waals surface area (Å²) in [6.45, 7) is 3.00. The minimum atomic E-state index is 0.672. The summed E-state index contributed by atoms with van der Waals surface area (Å²) in [5, 5.41) is 7.43. The zero-order valence-corrected chi connectivity index (χ0v) is 8.99. The first-order chi connectivity index (χ1) is 6.31. The fraction of sp³-hybridized carbons (Fsp3) is 0.900. The summed E-state index contributed by atoms with van der Waals surface area (Å²) in [5.41, 5.74) is 0. The van der Waals surface area contributed by atoms with E-state index in [9.17, 15) is 0 Å². The van der Waals surface area contributed by atoms with Crippen molar-refractivity contribution >= 4 is 17.3 Å². The van der Waals surface area contributed by atoms with Crippen molar-refractivity contribution < 1.29 is 0 Å². The van der Waals surface area contributed by atoms with Crippen LogP contribution in [0.5, 0.6) is 0 Å². The number of nitrogens with one attached hydrogen (secondary N) is 2. The highest BCUT2D eigenvalue weighted by atomic mass is 32.1. The summed E-state index contributed by atoms with van der Waals surface area (Å²) in [5.74, 6) is 1.96. The van der Waals surface area contributed by atoms with Gasteiger partial charge < -0.3 is 10.6 Å². The maximum absolute atomic E-state index is 5.18. The predicted octanol–water partition coefficient (Wildman–Crippen LogP) is 1.66. The molecule has 2 aliphatic rings. The molecule has 0 aromatic carbocycles. The molecule has 0 aromatic heterocycles. The highest BCUT2D eigenvalue weighted by Gasteiger charge is 2.45. The Morgan fingerprint density at radius 2 is 2.31 bits per heavy atom. The lowest BCUT2D eigenvalue weighted by molar-refractivity contribution is 0.390. The summed E-state index contributed by atoms with van der Waals surface area (Å²) in [6.07, 6.45) is 5.59. The second-order valence-corrected chi connectivity index (χ2v) is 4.61. The van der Waals surface area contributed by atoms with Gasteiger partial charge in [-0.1, -0.05) is 12.8 Å². The molecule has 0 amide bonds. The van der Waals surface area contributed by atoms with Gasteiger partial charge in [0.2, 0.25) is 0 Å². The van der Waals surface area contributed by atoms with Crippen LogP contribution in [0.4, 0.5) is 0 Å². The molecule has 0 spiro atoms. The van der Waals surface area contributed by atoms with E-state index in [1.807, 2.05) is 0 Å². The summed E-state index contributed by atoms with van der Waals surface area (Å²) < 4.78 is 0. The van der Waals surface area contributed by atoms with E-state index in [1.165, 1.54) is 25.7 Å². The van der Waals surface area contributed by atoms with E-state index >= 15 is 0 Å². The zero-order chi connectivity index (χ0) is 9.26. The third-order valence-electron chi connectivity index (χ3n) is 3.24. The Balaban J connectivity index is 1.77. The fourth-order valence-corrected chi connectivity index (χ4v) is 2.76. The van der Waals surface area contributed by atoms with Crippen LogP contribution in [-0.2, 0) is 0 Å². The largest absolute Gasteiger partial charge is 0.363 e. The Hall–Kier alpha value is -0.310. The summed E-state index contributed by atoms with van der Waals surface area (Å²) in [4.78, 5) is 0. The van der Waals surface area contributed by atoms with Crippen LogP contribution in [0.2, 0.25) is 0 Å². The second-order valence-electron chi connectivity index (χ2n) is 4.20. The molecule has 2 nitrogen and oxygen atoms in total. The standard InChI is InChI=1S/C10H18N2S/c1-2-11-10(13)12-9-5-3-4-7-6-8(7)9/h7-9H,2-6H2,1H3,(H2,11,12,13). The molecule has 2 fully saturated rings. The summed E-state index contributed by atoms with van der Waals surface area (Å²) >= 11 is 5.18. The van der Waals surface area contributed by atoms with Crippen molar-refractivity contribution in [2.45, 2.75) is 38.6 Å². The van der Waals surface area contributed by atoms with Crippen molar-refractivity contribution in [2.75, 3.05) is 6.54 Å². The molecule has 0 radical (unpaired) electrons. The Morgan fingerprint density at radius 1 is 1.46 bits per heavy atom. The van der Waals surface area contributed by atoms with Gasteiger partial charge >= 0.3 is 0 Å². The molecular weight excluding hydrogens is 180 g/mol. The first-order valence-electron chi connectivity index (χ1n) is 5.35. The van der Waals surface area contributed by atoms with Crippen LogP contribution in [0.25, 0.3) is 0 Å². The van der Waals surface area contributed by atoms with E-state index in [2.05, 4.69) is 17.6 Å². The van der Waals surface area contributed by atoms with Gasteiger partial charge in [-0.05, 0) is 43.8 Å². The van der Waals surface area contributed by atoms with Crippen molar-refractivity contribution in [1.82, 2.24) is 10.6 Å². The van der Waals surface area contributed by atoms with Crippen LogP contribution in [0.1, 0.15) is 32.6 Å². The van der Waals surface area contributed by atoms with Crippen LogP contribution < -0.4 is 10.6 Å². The topological polar surface area (TPSA) is 24.1 Å². The molecule has 0 aromatic rings. The molecule has 3 heteroatoms. The summed E-state index contributed by atoms with van der Waals surface area (Å²) in [7, 11) is 0. The Bertz CT molecular complexity index is 205. The SMILES string of the molecule is CCNC(=S)NC1CCCC2CC21. The molecule has 2 N–H and O–H groups in total. The lowest BCUT2D eigenvalue weighted by atomic mass is 9.96. The zero-order valence-electron chi connectivity index (χ0n) is 8.18. The van der Waals surface area contributed by atoms with Crippen LogP contribution in [0.15, 0.2) is 0 Å². The van der Waals surface area contributed by atoms with E-state index in [4.69, 9.17) is 12.2 Å². The van der Waals surface area contributed by atoms with Crippen LogP contribution >= 0.6 is 12.2 Å². The molecule has 2 saturated carbocycles. The van der Waals surface area contributed by atoms with Crippen LogP contribution in [-0.4, -0.2) is 17.7 Å². The molecule has 3 atom stereocenters. The third-order valence-corrected chi connectivity index (χ3v) is 3.50. The van der Waals surface area contributed by atoms with Crippen LogP contribution in [0, 0.1) is 11.8 Å². The number of fused-ring (bicyclic) bond motifs is 1. The van der Waals surface area contributed by atoms with E-state index in [-0.39, 0.29) is 0 Å². The van der Waals surface area contributed by atoms with Crippen molar-refractivity contribution in [3.8, 4) is 0 Å². The first kappa shape index (κ1) is 9.25. The van der Waals surface area contributed by atoms with Gasteiger partial charge in [-0.2, -0.15) is 0 Å². The molecule has 0 heterocycles. The van der Waals surface area contributed by atoms with Crippen molar-refractivity contribution in [1.29, 1.82) is 0 Å². The molecular formula is C10H18N2S. The average Bonchev–Trinajstić information content (AvgIpc) is 2.84. The van der Waals surface area contributed by atoms with Gasteiger partial charge in [-0.3, -0.25) is 0 Å². The molecule has 0 aliphatic heterocycles. The maximum Gasteiger partial charge on any atom is 0.166 e. The summed E-state index contributed by atoms with van der Waals surface area (Å²) in [6, 6.07) is 0.672. The van der Waals surface area contributed by atoms with Gasteiger partial charge in [0.15, 0.2) is 5.11 Å². The van der Waals surface area contributed by atoms with Gasteiger partial charge in [0, 0.05) is 12.6 Å². The van der Waals surface area contributed by atoms with E-state index in [1.54, 1.807) is 0 Å². The highest BCUT2D eigenvalue weighted by molar-refractivity contribution is 7.80. The average molecular weight is 198 g/mol. The van der Waals surface area contributed by atoms with E-state index in [0.717, 1.165) is 23.5 Å². The van der Waals surface area contributed by atoms with Crippen molar-refractivity contribution in [3.63, 3.8) is 0 Å². The van der Waals surface area contributed by atoms with Gasteiger partial charge in [-0.25, -0.2) is 0 Å². The van der Waals surface area contributed by atoms with Gasteiger partial charge in [0.25, 0.3) is 0 Å². The van der Waals surface area contributed by atoms with E-state index < -0.39 is 0 Å². The molecule has 13 heavy (non-hydrogen) atoms. The third kappa shape index (κ3) is 2.13. The Morgan fingerprint density at radius 3 is 3.08 bits per heavy atom. The Kier molecular flexibility index (Phi) is 2.72. The Labute approximate surface area is 85.5 Å².